The molecule has 152 valence electrons. The zero-order valence-electron chi connectivity index (χ0n) is 15.9. The Morgan fingerprint density at radius 3 is 2.25 bits per heavy atom. The fourth-order valence-electron chi connectivity index (χ4n) is 3.19. The first kappa shape index (κ1) is 22.2. The van der Waals surface area contributed by atoms with Crippen LogP contribution in [0.5, 0.6) is 0 Å². The Hall–Kier alpha value is -2.13. The van der Waals surface area contributed by atoms with Gasteiger partial charge in [0.15, 0.2) is 0 Å². The number of fused-ring (bicyclic) bond motifs is 1. The van der Waals surface area contributed by atoms with Crippen LogP contribution in [-0.2, 0) is 30.5 Å². The van der Waals surface area contributed by atoms with Gasteiger partial charge in [-0.1, -0.05) is 30.3 Å². The van der Waals surface area contributed by atoms with Gasteiger partial charge in [-0.3, -0.25) is 9.13 Å². The van der Waals surface area contributed by atoms with E-state index in [1.807, 2.05) is 30.3 Å². The number of halogens is 1. The molecule has 2 N–H and O–H groups in total. The highest BCUT2D eigenvalue weighted by Gasteiger charge is 2.25. The van der Waals surface area contributed by atoms with E-state index < -0.39 is 10.0 Å². The number of nitrogens with zero attached hydrogens (tertiary/aromatic N) is 3. The van der Waals surface area contributed by atoms with Crippen molar-refractivity contribution in [3.8, 4) is 0 Å². The van der Waals surface area contributed by atoms with Gasteiger partial charge in [0.25, 0.3) is 0 Å². The summed E-state index contributed by atoms with van der Waals surface area (Å²) in [6.45, 7) is 0.816. The number of hydrogen-bond donors (Lipinski definition) is 1. The molecule has 3 aromatic rings. The molecule has 0 saturated carbocycles. The molecule has 0 amide bonds. The van der Waals surface area contributed by atoms with Gasteiger partial charge in [-0.2, -0.15) is 4.31 Å². The molecular weight excluding hydrogens is 400 g/mol. The first-order valence-corrected chi connectivity index (χ1v) is 10.2. The Morgan fingerprint density at radius 1 is 0.964 bits per heavy atom. The quantitative estimate of drug-likeness (QED) is 0.622. The first-order valence-electron chi connectivity index (χ1n) is 8.76. The summed E-state index contributed by atoms with van der Waals surface area (Å²) < 4.78 is 30.7. The SMILES string of the molecule is Cl.Cn1c(=O)n(C)c2cc(S(=O)(=O)N(CCN)CCc3ccccc3)ccc21. The minimum atomic E-state index is -3.72. The van der Waals surface area contributed by atoms with Crippen LogP contribution >= 0.6 is 12.4 Å². The van der Waals surface area contributed by atoms with Crippen molar-refractivity contribution in [3.05, 3.63) is 64.6 Å². The molecule has 9 heteroatoms. The maximum atomic E-state index is 13.2. The second-order valence-corrected chi connectivity index (χ2v) is 8.42. The molecule has 0 atom stereocenters. The summed E-state index contributed by atoms with van der Waals surface area (Å²) in [6.07, 6.45) is 0.603. The van der Waals surface area contributed by atoms with Crippen LogP contribution in [0.25, 0.3) is 11.0 Å². The molecule has 0 aliphatic heterocycles. The standard InChI is InChI=1S/C19H24N4O3S.ClH/c1-21-17-9-8-16(14-18(17)22(2)19(21)24)27(25,26)23(13-11-20)12-10-15-6-4-3-5-7-15;/h3-9,14H,10-13,20H2,1-2H3;1H. The number of rotatable bonds is 7. The van der Waals surface area contributed by atoms with E-state index in [4.69, 9.17) is 5.73 Å². The summed E-state index contributed by atoms with van der Waals surface area (Å²) in [5.74, 6) is 0. The molecule has 28 heavy (non-hydrogen) atoms. The third-order valence-corrected chi connectivity index (χ3v) is 6.65. The Bertz CT molecular complexity index is 1110. The van der Waals surface area contributed by atoms with Crippen molar-refractivity contribution in [2.45, 2.75) is 11.3 Å². The minimum absolute atomic E-state index is 0. The van der Waals surface area contributed by atoms with Crippen LogP contribution in [0.1, 0.15) is 5.56 Å². The second-order valence-electron chi connectivity index (χ2n) is 6.48. The van der Waals surface area contributed by atoms with Crippen LogP contribution in [0.2, 0.25) is 0 Å². The molecule has 0 radical (unpaired) electrons. The zero-order valence-corrected chi connectivity index (χ0v) is 17.5. The predicted molar refractivity (Wildman–Crippen MR) is 113 cm³/mol. The number of benzene rings is 2. The summed E-state index contributed by atoms with van der Waals surface area (Å²) in [7, 11) is -0.417. The number of aryl methyl sites for hydroxylation is 2. The Morgan fingerprint density at radius 2 is 1.61 bits per heavy atom. The van der Waals surface area contributed by atoms with Gasteiger partial charge in [-0.25, -0.2) is 13.2 Å². The lowest BCUT2D eigenvalue weighted by Crippen LogP contribution is -2.36. The van der Waals surface area contributed by atoms with E-state index in [1.165, 1.54) is 13.4 Å². The zero-order chi connectivity index (χ0) is 19.6. The molecule has 3 rings (SSSR count). The van der Waals surface area contributed by atoms with Gasteiger partial charge in [0.05, 0.1) is 15.9 Å². The predicted octanol–water partition coefficient (Wildman–Crippen LogP) is 1.49. The maximum Gasteiger partial charge on any atom is 0.328 e. The van der Waals surface area contributed by atoms with Gasteiger partial charge in [0.1, 0.15) is 0 Å². The number of nitrogens with two attached hydrogens (primary N) is 1. The molecule has 1 aromatic heterocycles. The molecule has 7 nitrogen and oxygen atoms in total. The molecule has 0 bridgehead atoms. The highest BCUT2D eigenvalue weighted by atomic mass is 35.5. The van der Waals surface area contributed by atoms with Crippen LogP contribution in [0.15, 0.2) is 58.2 Å². The number of hydrogen-bond acceptors (Lipinski definition) is 4. The third-order valence-electron chi connectivity index (χ3n) is 4.75. The topological polar surface area (TPSA) is 90.3 Å². The fraction of sp³-hybridized carbons (Fsp3) is 0.316. The smallest absolute Gasteiger partial charge is 0.328 e. The van der Waals surface area contributed by atoms with Gasteiger partial charge < -0.3 is 5.73 Å². The van der Waals surface area contributed by atoms with E-state index in [9.17, 15) is 13.2 Å². The molecule has 2 aromatic carbocycles. The average molecular weight is 425 g/mol. The average Bonchev–Trinajstić information content (AvgIpc) is 2.89. The van der Waals surface area contributed by atoms with Crippen molar-refractivity contribution in [1.29, 1.82) is 0 Å². The van der Waals surface area contributed by atoms with Crippen LogP contribution < -0.4 is 11.4 Å². The first-order chi connectivity index (χ1) is 12.9. The molecule has 0 aliphatic rings. The highest BCUT2D eigenvalue weighted by Crippen LogP contribution is 2.21. The Labute approximate surface area is 170 Å². The Balaban J connectivity index is 0.00000280. The molecule has 0 aliphatic carbocycles. The van der Waals surface area contributed by atoms with Gasteiger partial charge >= 0.3 is 5.69 Å². The molecule has 0 spiro atoms. The molecule has 0 saturated heterocycles. The molecule has 0 unspecified atom stereocenters. The van der Waals surface area contributed by atoms with E-state index in [1.54, 1.807) is 32.3 Å². The van der Waals surface area contributed by atoms with Gasteiger partial charge in [0, 0.05) is 33.7 Å². The van der Waals surface area contributed by atoms with Crippen LogP contribution in [0.3, 0.4) is 0 Å². The van der Waals surface area contributed by atoms with E-state index in [2.05, 4.69) is 0 Å². The molecule has 0 fully saturated rings. The molecular formula is C19H25ClN4O3S. The van der Waals surface area contributed by atoms with Crippen LogP contribution in [0, 0.1) is 0 Å². The van der Waals surface area contributed by atoms with Gasteiger partial charge in [-0.05, 0) is 30.2 Å². The maximum absolute atomic E-state index is 13.2. The van der Waals surface area contributed by atoms with Crippen molar-refractivity contribution < 1.29 is 8.42 Å². The number of imidazole rings is 1. The lowest BCUT2D eigenvalue weighted by Gasteiger charge is -2.21. The lowest BCUT2D eigenvalue weighted by atomic mass is 10.1. The second kappa shape index (κ2) is 8.91. The van der Waals surface area contributed by atoms with E-state index in [0.29, 0.717) is 24.0 Å². The summed E-state index contributed by atoms with van der Waals surface area (Å²) in [4.78, 5) is 12.3. The van der Waals surface area contributed by atoms with E-state index >= 15 is 0 Å². The lowest BCUT2D eigenvalue weighted by molar-refractivity contribution is 0.422. The monoisotopic (exact) mass is 424 g/mol. The largest absolute Gasteiger partial charge is 0.329 e. The summed E-state index contributed by atoms with van der Waals surface area (Å²) >= 11 is 0. The van der Waals surface area contributed by atoms with Crippen LogP contribution in [-0.4, -0.2) is 41.5 Å². The van der Waals surface area contributed by atoms with Crippen molar-refractivity contribution in [3.63, 3.8) is 0 Å². The number of aromatic nitrogens is 2. The summed E-state index contributed by atoms with van der Waals surface area (Å²) in [5, 5.41) is 0. The van der Waals surface area contributed by atoms with Crippen LogP contribution in [0.4, 0.5) is 0 Å². The number of sulfonamides is 1. The van der Waals surface area contributed by atoms with Crippen molar-refractivity contribution in [1.82, 2.24) is 13.4 Å². The fourth-order valence-corrected chi connectivity index (χ4v) is 4.67. The summed E-state index contributed by atoms with van der Waals surface area (Å²) in [6, 6.07) is 14.5. The normalized spacial score (nSPS) is 11.7. The molecule has 1 heterocycles. The van der Waals surface area contributed by atoms with Crippen molar-refractivity contribution in [2.75, 3.05) is 19.6 Å². The van der Waals surface area contributed by atoms with Gasteiger partial charge in [0.2, 0.25) is 10.0 Å². The Kier molecular flexibility index (Phi) is 7.06. The van der Waals surface area contributed by atoms with Gasteiger partial charge in [-0.15, -0.1) is 12.4 Å². The summed E-state index contributed by atoms with van der Waals surface area (Å²) in [5.41, 5.74) is 7.80. The van der Waals surface area contributed by atoms with Crippen molar-refractivity contribution >= 4 is 33.5 Å². The highest BCUT2D eigenvalue weighted by molar-refractivity contribution is 7.89. The minimum Gasteiger partial charge on any atom is -0.329 e. The van der Waals surface area contributed by atoms with E-state index in [0.717, 1.165) is 5.56 Å². The third kappa shape index (κ3) is 4.15. The van der Waals surface area contributed by atoms with Crippen molar-refractivity contribution in [2.24, 2.45) is 19.8 Å². The van der Waals surface area contributed by atoms with E-state index in [-0.39, 0.29) is 36.1 Å².